The van der Waals surface area contributed by atoms with Crippen LogP contribution in [0.25, 0.3) is 0 Å². The third-order valence-electron chi connectivity index (χ3n) is 3.53. The van der Waals surface area contributed by atoms with Crippen molar-refractivity contribution in [1.82, 2.24) is 0 Å². The van der Waals surface area contributed by atoms with Crippen molar-refractivity contribution >= 4 is 15.9 Å². The quantitative estimate of drug-likeness (QED) is 0.814. The molecule has 2 N–H and O–H groups in total. The zero-order valence-electron chi connectivity index (χ0n) is 11.6. The molecule has 0 radical (unpaired) electrons. The topological polar surface area (TPSA) is 35.2 Å². The van der Waals surface area contributed by atoms with E-state index >= 15 is 0 Å². The summed E-state index contributed by atoms with van der Waals surface area (Å²) in [6.45, 7) is 4.38. The highest BCUT2D eigenvalue weighted by molar-refractivity contribution is 9.10. The molecule has 18 heavy (non-hydrogen) atoms. The zero-order valence-corrected chi connectivity index (χ0v) is 13.2. The molecule has 102 valence electrons. The molecule has 1 unspecified atom stereocenters. The number of hydrogen-bond acceptors (Lipinski definition) is 2. The maximum atomic E-state index is 6.51. The van der Waals surface area contributed by atoms with Crippen LogP contribution in [0.4, 0.5) is 0 Å². The van der Waals surface area contributed by atoms with E-state index in [0.29, 0.717) is 0 Å². The number of ether oxygens (including phenoxy) is 1. The van der Waals surface area contributed by atoms with Crippen molar-refractivity contribution in [3.8, 4) is 5.75 Å². The second kappa shape index (κ2) is 7.15. The molecule has 1 atom stereocenters. The van der Waals surface area contributed by atoms with Crippen LogP contribution in [0.1, 0.15) is 45.1 Å². The highest BCUT2D eigenvalue weighted by Gasteiger charge is 2.23. The second-order valence-corrected chi connectivity index (χ2v) is 5.81. The first-order valence-corrected chi connectivity index (χ1v) is 7.45. The van der Waals surface area contributed by atoms with Gasteiger partial charge < -0.3 is 10.5 Å². The molecular formula is C15H24BrNO. The molecule has 0 aromatic heterocycles. The van der Waals surface area contributed by atoms with Crippen LogP contribution in [0.5, 0.6) is 5.75 Å². The van der Waals surface area contributed by atoms with Crippen LogP contribution < -0.4 is 10.5 Å². The smallest absolute Gasteiger partial charge is 0.119 e. The Labute approximate surface area is 119 Å². The fourth-order valence-corrected chi connectivity index (χ4v) is 2.50. The Bertz CT molecular complexity index is 381. The molecule has 1 aromatic rings. The molecule has 0 fully saturated rings. The third-order valence-corrected chi connectivity index (χ3v) is 4.30. The molecule has 0 aliphatic heterocycles. The van der Waals surface area contributed by atoms with Gasteiger partial charge in [0.15, 0.2) is 0 Å². The van der Waals surface area contributed by atoms with Crippen LogP contribution in [0.3, 0.4) is 0 Å². The Kier molecular flexibility index (Phi) is 6.16. The number of unbranched alkanes of at least 4 members (excludes halogenated alkanes) is 1. The first-order chi connectivity index (χ1) is 8.54. The SMILES string of the molecule is CCCCC(N)(CC)Cc1cc(OC)ccc1Br. The fraction of sp³-hybridized carbons (Fsp3) is 0.600. The van der Waals surface area contributed by atoms with Gasteiger partial charge in [-0.15, -0.1) is 0 Å². The summed E-state index contributed by atoms with van der Waals surface area (Å²) in [6, 6.07) is 6.07. The molecule has 0 bridgehead atoms. The lowest BCUT2D eigenvalue weighted by Crippen LogP contribution is -2.41. The number of halogens is 1. The summed E-state index contributed by atoms with van der Waals surface area (Å²) < 4.78 is 6.39. The Balaban J connectivity index is 2.86. The minimum Gasteiger partial charge on any atom is -0.497 e. The minimum absolute atomic E-state index is 0.106. The average molecular weight is 314 g/mol. The van der Waals surface area contributed by atoms with Crippen molar-refractivity contribution in [2.75, 3.05) is 7.11 Å². The fourth-order valence-electron chi connectivity index (χ4n) is 2.11. The van der Waals surface area contributed by atoms with Gasteiger partial charge in [0.2, 0.25) is 0 Å². The number of hydrogen-bond donors (Lipinski definition) is 1. The van der Waals surface area contributed by atoms with E-state index < -0.39 is 0 Å². The predicted molar refractivity (Wildman–Crippen MR) is 81.1 cm³/mol. The Morgan fingerprint density at radius 3 is 2.61 bits per heavy atom. The number of methoxy groups -OCH3 is 1. The number of benzene rings is 1. The molecule has 0 spiro atoms. The molecule has 0 aliphatic rings. The van der Waals surface area contributed by atoms with Crippen LogP contribution in [-0.4, -0.2) is 12.6 Å². The summed E-state index contributed by atoms with van der Waals surface area (Å²) in [5.41, 5.74) is 7.64. The van der Waals surface area contributed by atoms with E-state index in [1.54, 1.807) is 7.11 Å². The summed E-state index contributed by atoms with van der Waals surface area (Å²) in [5, 5.41) is 0. The first kappa shape index (κ1) is 15.5. The molecule has 0 aliphatic carbocycles. The van der Waals surface area contributed by atoms with Crippen molar-refractivity contribution < 1.29 is 4.74 Å². The molecule has 0 saturated carbocycles. The average Bonchev–Trinajstić information content (AvgIpc) is 2.39. The van der Waals surface area contributed by atoms with Crippen molar-refractivity contribution in [2.45, 2.75) is 51.5 Å². The molecule has 0 amide bonds. The van der Waals surface area contributed by atoms with Crippen LogP contribution in [0.2, 0.25) is 0 Å². The largest absolute Gasteiger partial charge is 0.497 e. The van der Waals surface area contributed by atoms with Gasteiger partial charge in [0.05, 0.1) is 7.11 Å². The summed E-state index contributed by atoms with van der Waals surface area (Å²) in [6.07, 6.45) is 5.34. The molecule has 1 rings (SSSR count). The van der Waals surface area contributed by atoms with E-state index in [1.807, 2.05) is 12.1 Å². The molecule has 0 heterocycles. The van der Waals surface area contributed by atoms with E-state index in [-0.39, 0.29) is 5.54 Å². The van der Waals surface area contributed by atoms with E-state index in [1.165, 1.54) is 18.4 Å². The summed E-state index contributed by atoms with van der Waals surface area (Å²) in [4.78, 5) is 0. The van der Waals surface area contributed by atoms with Gasteiger partial charge in [-0.05, 0) is 43.0 Å². The summed E-state index contributed by atoms with van der Waals surface area (Å²) in [5.74, 6) is 0.891. The van der Waals surface area contributed by atoms with E-state index in [0.717, 1.165) is 29.5 Å². The van der Waals surface area contributed by atoms with E-state index in [4.69, 9.17) is 10.5 Å². The van der Waals surface area contributed by atoms with Gasteiger partial charge in [0.1, 0.15) is 5.75 Å². The highest BCUT2D eigenvalue weighted by atomic mass is 79.9. The lowest BCUT2D eigenvalue weighted by atomic mass is 9.84. The Hall–Kier alpha value is -0.540. The molecule has 2 nitrogen and oxygen atoms in total. The van der Waals surface area contributed by atoms with Crippen molar-refractivity contribution in [3.05, 3.63) is 28.2 Å². The van der Waals surface area contributed by atoms with E-state index in [9.17, 15) is 0 Å². The van der Waals surface area contributed by atoms with Gasteiger partial charge in [-0.3, -0.25) is 0 Å². The normalized spacial score (nSPS) is 14.3. The van der Waals surface area contributed by atoms with Crippen molar-refractivity contribution in [3.63, 3.8) is 0 Å². The van der Waals surface area contributed by atoms with Gasteiger partial charge >= 0.3 is 0 Å². The van der Waals surface area contributed by atoms with Crippen LogP contribution in [-0.2, 0) is 6.42 Å². The maximum Gasteiger partial charge on any atom is 0.119 e. The van der Waals surface area contributed by atoms with Crippen molar-refractivity contribution in [2.24, 2.45) is 5.73 Å². The molecule has 3 heteroatoms. The standard InChI is InChI=1S/C15H24BrNO/c1-4-6-9-15(17,5-2)11-12-10-13(18-3)7-8-14(12)16/h7-8,10H,4-6,9,11,17H2,1-3H3. The van der Waals surface area contributed by atoms with Crippen LogP contribution >= 0.6 is 15.9 Å². The van der Waals surface area contributed by atoms with Gasteiger partial charge in [-0.25, -0.2) is 0 Å². The molecule has 0 saturated heterocycles. The highest BCUT2D eigenvalue weighted by Crippen LogP contribution is 2.28. The number of rotatable bonds is 7. The monoisotopic (exact) mass is 313 g/mol. The lowest BCUT2D eigenvalue weighted by molar-refractivity contribution is 0.363. The van der Waals surface area contributed by atoms with Gasteiger partial charge in [0.25, 0.3) is 0 Å². The van der Waals surface area contributed by atoms with Crippen LogP contribution in [0, 0.1) is 0 Å². The summed E-state index contributed by atoms with van der Waals surface area (Å²) >= 11 is 3.60. The zero-order chi connectivity index (χ0) is 13.6. The second-order valence-electron chi connectivity index (χ2n) is 4.95. The molecular weight excluding hydrogens is 290 g/mol. The Morgan fingerprint density at radius 1 is 1.33 bits per heavy atom. The predicted octanol–water partition coefficient (Wildman–Crippen LogP) is 4.30. The lowest BCUT2D eigenvalue weighted by Gasteiger charge is -2.29. The minimum atomic E-state index is -0.106. The van der Waals surface area contributed by atoms with Crippen molar-refractivity contribution in [1.29, 1.82) is 0 Å². The van der Waals surface area contributed by atoms with Gasteiger partial charge in [0, 0.05) is 10.0 Å². The maximum absolute atomic E-state index is 6.51. The number of nitrogens with two attached hydrogens (primary N) is 1. The Morgan fingerprint density at radius 2 is 2.06 bits per heavy atom. The third kappa shape index (κ3) is 4.29. The van der Waals surface area contributed by atoms with Crippen LogP contribution in [0.15, 0.2) is 22.7 Å². The van der Waals surface area contributed by atoms with Gasteiger partial charge in [-0.1, -0.05) is 42.6 Å². The summed E-state index contributed by atoms with van der Waals surface area (Å²) in [7, 11) is 1.69. The first-order valence-electron chi connectivity index (χ1n) is 6.66. The van der Waals surface area contributed by atoms with Gasteiger partial charge in [-0.2, -0.15) is 0 Å². The van der Waals surface area contributed by atoms with E-state index in [2.05, 4.69) is 35.8 Å². The molecule has 1 aromatic carbocycles.